The molecule has 106 valence electrons. The standard InChI is InChI=1S/C13H21N3O3/c1-8-4-12(2,3)7-13(5-8)10(18)16(6-9(14)17)11(19)15-13/h8H,4-7H2,1-3H3,(H2,14,17)(H,15,19)/t8-,13+/m0/s1. The maximum absolute atomic E-state index is 12.5. The van der Waals surface area contributed by atoms with Crippen LogP contribution in [0.15, 0.2) is 0 Å². The molecule has 1 saturated carbocycles. The van der Waals surface area contributed by atoms with Crippen molar-refractivity contribution in [3.63, 3.8) is 0 Å². The fourth-order valence-electron chi connectivity index (χ4n) is 3.81. The third-order valence-corrected chi connectivity index (χ3v) is 3.94. The lowest BCUT2D eigenvalue weighted by Gasteiger charge is -2.43. The van der Waals surface area contributed by atoms with Crippen LogP contribution in [0.3, 0.4) is 0 Å². The molecule has 1 spiro atoms. The fourth-order valence-corrected chi connectivity index (χ4v) is 3.81. The molecule has 2 atom stereocenters. The van der Waals surface area contributed by atoms with E-state index in [4.69, 9.17) is 5.73 Å². The summed E-state index contributed by atoms with van der Waals surface area (Å²) in [5.74, 6) is -0.638. The van der Waals surface area contributed by atoms with Crippen molar-refractivity contribution in [1.29, 1.82) is 0 Å². The van der Waals surface area contributed by atoms with Gasteiger partial charge in [0.2, 0.25) is 5.91 Å². The van der Waals surface area contributed by atoms with Gasteiger partial charge in [-0.25, -0.2) is 4.79 Å². The molecule has 0 radical (unpaired) electrons. The van der Waals surface area contributed by atoms with E-state index in [2.05, 4.69) is 26.1 Å². The molecule has 1 aliphatic heterocycles. The number of nitrogens with two attached hydrogens (primary N) is 1. The molecule has 4 amide bonds. The molecule has 0 bridgehead atoms. The molecule has 6 nitrogen and oxygen atoms in total. The van der Waals surface area contributed by atoms with Crippen LogP contribution in [0.4, 0.5) is 4.79 Å². The van der Waals surface area contributed by atoms with Gasteiger partial charge in [-0.05, 0) is 30.6 Å². The maximum Gasteiger partial charge on any atom is 0.325 e. The van der Waals surface area contributed by atoms with E-state index >= 15 is 0 Å². The van der Waals surface area contributed by atoms with Crippen LogP contribution in [0, 0.1) is 11.3 Å². The van der Waals surface area contributed by atoms with Crippen molar-refractivity contribution in [2.75, 3.05) is 6.54 Å². The minimum Gasteiger partial charge on any atom is -0.368 e. The molecule has 6 heteroatoms. The number of amides is 4. The Kier molecular flexibility index (Phi) is 3.07. The van der Waals surface area contributed by atoms with Gasteiger partial charge >= 0.3 is 6.03 Å². The molecule has 1 saturated heterocycles. The molecule has 0 aromatic rings. The van der Waals surface area contributed by atoms with Crippen molar-refractivity contribution in [2.45, 2.75) is 45.6 Å². The number of hydrogen-bond acceptors (Lipinski definition) is 3. The number of nitrogens with zero attached hydrogens (tertiary/aromatic N) is 1. The van der Waals surface area contributed by atoms with E-state index in [9.17, 15) is 14.4 Å². The molecule has 3 N–H and O–H groups in total. The van der Waals surface area contributed by atoms with Crippen LogP contribution >= 0.6 is 0 Å². The van der Waals surface area contributed by atoms with E-state index in [-0.39, 0.29) is 17.9 Å². The summed E-state index contributed by atoms with van der Waals surface area (Å²) in [6.07, 6.45) is 2.24. The predicted molar refractivity (Wildman–Crippen MR) is 69.0 cm³/mol. The zero-order valence-corrected chi connectivity index (χ0v) is 11.7. The number of urea groups is 1. The van der Waals surface area contributed by atoms with Crippen molar-refractivity contribution in [3.05, 3.63) is 0 Å². The van der Waals surface area contributed by atoms with Crippen molar-refractivity contribution in [3.8, 4) is 0 Å². The second-order valence-electron chi connectivity index (χ2n) is 6.72. The monoisotopic (exact) mass is 267 g/mol. The summed E-state index contributed by atoms with van der Waals surface area (Å²) in [6.45, 7) is 5.93. The average Bonchev–Trinajstić information content (AvgIpc) is 2.38. The summed E-state index contributed by atoms with van der Waals surface area (Å²) < 4.78 is 0. The Morgan fingerprint density at radius 2 is 2.05 bits per heavy atom. The Morgan fingerprint density at radius 3 is 2.58 bits per heavy atom. The quantitative estimate of drug-likeness (QED) is 0.718. The SMILES string of the molecule is C[C@H]1CC(C)(C)C[C@@]2(C1)NC(=O)N(CC(N)=O)C2=O. The topological polar surface area (TPSA) is 92.5 Å². The van der Waals surface area contributed by atoms with E-state index in [0.29, 0.717) is 18.8 Å². The number of carbonyl (C=O) groups excluding carboxylic acids is 3. The molecule has 0 unspecified atom stereocenters. The number of hydrogen-bond donors (Lipinski definition) is 2. The van der Waals surface area contributed by atoms with Crippen LogP contribution in [-0.4, -0.2) is 34.8 Å². The van der Waals surface area contributed by atoms with Crippen molar-refractivity contribution in [2.24, 2.45) is 17.1 Å². The van der Waals surface area contributed by atoms with Gasteiger partial charge in [-0.3, -0.25) is 14.5 Å². The summed E-state index contributed by atoms with van der Waals surface area (Å²) in [7, 11) is 0. The zero-order chi connectivity index (χ0) is 14.4. The van der Waals surface area contributed by atoms with Crippen molar-refractivity contribution >= 4 is 17.8 Å². The lowest BCUT2D eigenvalue weighted by atomic mass is 9.64. The maximum atomic E-state index is 12.5. The molecule has 2 aliphatic rings. The molecule has 19 heavy (non-hydrogen) atoms. The van der Waals surface area contributed by atoms with Gasteiger partial charge in [0, 0.05) is 0 Å². The van der Waals surface area contributed by atoms with Gasteiger partial charge in [0.25, 0.3) is 5.91 Å². The van der Waals surface area contributed by atoms with Crippen LogP contribution in [0.5, 0.6) is 0 Å². The van der Waals surface area contributed by atoms with Crippen molar-refractivity contribution < 1.29 is 14.4 Å². The van der Waals surface area contributed by atoms with Crippen LogP contribution in [0.1, 0.15) is 40.0 Å². The van der Waals surface area contributed by atoms with Crippen LogP contribution in [0.2, 0.25) is 0 Å². The second-order valence-corrected chi connectivity index (χ2v) is 6.72. The zero-order valence-electron chi connectivity index (χ0n) is 11.7. The predicted octanol–water partition coefficient (Wildman–Crippen LogP) is 0.609. The number of nitrogens with one attached hydrogen (secondary N) is 1. The van der Waals surface area contributed by atoms with E-state index in [0.717, 1.165) is 11.3 Å². The number of imide groups is 1. The number of primary amides is 1. The van der Waals surface area contributed by atoms with Gasteiger partial charge in [0.05, 0.1) is 0 Å². The molecule has 2 rings (SSSR count). The summed E-state index contributed by atoms with van der Waals surface area (Å²) in [4.78, 5) is 36.3. The Morgan fingerprint density at radius 1 is 1.42 bits per heavy atom. The van der Waals surface area contributed by atoms with E-state index in [1.54, 1.807) is 0 Å². The van der Waals surface area contributed by atoms with Crippen LogP contribution < -0.4 is 11.1 Å². The Bertz CT molecular complexity index is 446. The van der Waals surface area contributed by atoms with E-state index in [1.165, 1.54) is 0 Å². The number of rotatable bonds is 2. The highest BCUT2D eigenvalue weighted by atomic mass is 16.2. The fraction of sp³-hybridized carbons (Fsp3) is 0.769. The highest BCUT2D eigenvalue weighted by molar-refractivity contribution is 6.09. The first kappa shape index (κ1) is 13.8. The summed E-state index contributed by atoms with van der Waals surface area (Å²) in [5.41, 5.74) is 4.22. The molecular weight excluding hydrogens is 246 g/mol. The van der Waals surface area contributed by atoms with Gasteiger partial charge in [-0.1, -0.05) is 20.8 Å². The minimum atomic E-state index is -0.853. The van der Waals surface area contributed by atoms with Crippen molar-refractivity contribution in [1.82, 2.24) is 10.2 Å². The highest BCUT2D eigenvalue weighted by Gasteiger charge is 2.56. The average molecular weight is 267 g/mol. The first-order valence-corrected chi connectivity index (χ1v) is 6.58. The molecular formula is C13H21N3O3. The summed E-state index contributed by atoms with van der Waals surface area (Å²) in [5, 5.41) is 2.79. The van der Waals surface area contributed by atoms with E-state index < -0.39 is 17.5 Å². The first-order chi connectivity index (χ1) is 8.65. The lowest BCUT2D eigenvalue weighted by molar-refractivity contribution is -0.137. The normalized spacial score (nSPS) is 33.6. The molecule has 0 aromatic carbocycles. The number of carbonyl (C=O) groups is 3. The third-order valence-electron chi connectivity index (χ3n) is 3.94. The first-order valence-electron chi connectivity index (χ1n) is 6.58. The van der Waals surface area contributed by atoms with Gasteiger partial charge in [0.15, 0.2) is 0 Å². The molecule has 2 fully saturated rings. The molecule has 1 aliphatic carbocycles. The van der Waals surface area contributed by atoms with Gasteiger partial charge in [0.1, 0.15) is 12.1 Å². The smallest absolute Gasteiger partial charge is 0.325 e. The highest BCUT2D eigenvalue weighted by Crippen LogP contribution is 2.46. The van der Waals surface area contributed by atoms with E-state index in [1.807, 2.05) is 0 Å². The third kappa shape index (κ3) is 2.43. The van der Waals surface area contributed by atoms with Crippen LogP contribution in [0.25, 0.3) is 0 Å². The Hall–Kier alpha value is -1.59. The Labute approximate surface area is 112 Å². The Balaban J connectivity index is 2.28. The molecule has 0 aromatic heterocycles. The van der Waals surface area contributed by atoms with Gasteiger partial charge in [-0.15, -0.1) is 0 Å². The molecule has 1 heterocycles. The van der Waals surface area contributed by atoms with Gasteiger partial charge < -0.3 is 11.1 Å². The largest absolute Gasteiger partial charge is 0.368 e. The summed E-state index contributed by atoms with van der Waals surface area (Å²) in [6, 6.07) is -0.506. The van der Waals surface area contributed by atoms with Crippen LogP contribution in [-0.2, 0) is 9.59 Å². The summed E-state index contributed by atoms with van der Waals surface area (Å²) >= 11 is 0. The van der Waals surface area contributed by atoms with Gasteiger partial charge in [-0.2, -0.15) is 0 Å². The minimum absolute atomic E-state index is 0.0106. The lowest BCUT2D eigenvalue weighted by Crippen LogP contribution is -2.54. The second kappa shape index (κ2) is 4.21.